The minimum atomic E-state index is -0.465. The average Bonchev–Trinajstić information content (AvgIpc) is 2.32. The summed E-state index contributed by atoms with van der Waals surface area (Å²) in [6.45, 7) is 0. The summed E-state index contributed by atoms with van der Waals surface area (Å²) in [6, 6.07) is 14.2. The fraction of sp³-hybridized carbons (Fsp3) is 0. The van der Waals surface area contributed by atoms with E-state index in [4.69, 9.17) is 11.6 Å². The summed E-state index contributed by atoms with van der Waals surface area (Å²) in [6.07, 6.45) is 0. The van der Waals surface area contributed by atoms with Gasteiger partial charge in [0, 0.05) is 5.56 Å². The third-order valence-corrected chi connectivity index (χ3v) is 2.36. The van der Waals surface area contributed by atoms with E-state index in [1.54, 1.807) is 12.1 Å². The van der Waals surface area contributed by atoms with Crippen molar-refractivity contribution in [1.29, 1.82) is 0 Å². The molecule has 0 nitrogen and oxygen atoms in total. The zero-order valence-corrected chi connectivity index (χ0v) is 9.13. The molecule has 0 heterocycles. The predicted molar refractivity (Wildman–Crippen MR) is 63.8 cm³/mol. The molecule has 0 aromatic heterocycles. The first-order valence-electron chi connectivity index (χ1n) is 4.78. The van der Waals surface area contributed by atoms with Crippen molar-refractivity contribution in [3.05, 3.63) is 70.5 Å². The maximum Gasteiger partial charge on any atom is 0.157 e. The van der Waals surface area contributed by atoms with Gasteiger partial charge in [-0.2, -0.15) is 0 Å². The molecule has 0 atom stereocenters. The Kier molecular flexibility index (Phi) is 3.24. The molecule has 0 unspecified atom stereocenters. The second-order valence-electron chi connectivity index (χ2n) is 3.22. The van der Waals surface area contributed by atoms with Crippen molar-refractivity contribution >= 4 is 11.6 Å². The minimum absolute atomic E-state index is 0.0971. The Balaban J connectivity index is 2.35. The Morgan fingerprint density at radius 3 is 2.38 bits per heavy atom. The summed E-state index contributed by atoms with van der Waals surface area (Å²) in [7, 11) is 0. The zero-order valence-electron chi connectivity index (χ0n) is 8.37. The normalized spacial score (nSPS) is 9.38. The predicted octanol–water partition coefficient (Wildman–Crippen LogP) is 3.88. The van der Waals surface area contributed by atoms with Gasteiger partial charge in [-0.1, -0.05) is 47.7 Å². The van der Waals surface area contributed by atoms with Gasteiger partial charge in [0.25, 0.3) is 0 Å². The van der Waals surface area contributed by atoms with Crippen LogP contribution in [-0.4, -0.2) is 0 Å². The molecule has 0 bridgehead atoms. The fourth-order valence-electron chi connectivity index (χ4n) is 1.26. The van der Waals surface area contributed by atoms with Crippen LogP contribution in [-0.2, 0) is 0 Å². The molecule has 0 saturated carbocycles. The van der Waals surface area contributed by atoms with E-state index in [2.05, 4.69) is 11.8 Å². The smallest absolute Gasteiger partial charge is 0.157 e. The quantitative estimate of drug-likeness (QED) is 0.603. The molecule has 0 radical (unpaired) electrons. The maximum atomic E-state index is 13.5. The van der Waals surface area contributed by atoms with E-state index < -0.39 is 5.82 Å². The van der Waals surface area contributed by atoms with Crippen molar-refractivity contribution in [3.63, 3.8) is 0 Å². The Morgan fingerprint density at radius 2 is 1.62 bits per heavy atom. The zero-order chi connectivity index (χ0) is 11.4. The third-order valence-electron chi connectivity index (χ3n) is 2.07. The van der Waals surface area contributed by atoms with Gasteiger partial charge >= 0.3 is 0 Å². The van der Waals surface area contributed by atoms with Crippen molar-refractivity contribution < 1.29 is 4.39 Å². The van der Waals surface area contributed by atoms with E-state index in [9.17, 15) is 4.39 Å². The molecule has 78 valence electrons. The van der Waals surface area contributed by atoms with Crippen LogP contribution < -0.4 is 0 Å². The number of hydrogen-bond acceptors (Lipinski definition) is 0. The van der Waals surface area contributed by atoms with Gasteiger partial charge in [0.2, 0.25) is 0 Å². The van der Waals surface area contributed by atoms with Crippen LogP contribution in [0.3, 0.4) is 0 Å². The Labute approximate surface area is 98.7 Å². The lowest BCUT2D eigenvalue weighted by Gasteiger charge is -1.95. The lowest BCUT2D eigenvalue weighted by atomic mass is 10.2. The molecular formula is C14H8ClF. The van der Waals surface area contributed by atoms with Crippen LogP contribution >= 0.6 is 11.6 Å². The molecule has 0 aliphatic carbocycles. The van der Waals surface area contributed by atoms with Crippen LogP contribution in [0.25, 0.3) is 0 Å². The molecule has 0 spiro atoms. The topological polar surface area (TPSA) is 0 Å². The van der Waals surface area contributed by atoms with Gasteiger partial charge in [0.1, 0.15) is 0 Å². The Morgan fingerprint density at radius 1 is 0.875 bits per heavy atom. The van der Waals surface area contributed by atoms with Gasteiger partial charge in [-0.15, -0.1) is 0 Å². The van der Waals surface area contributed by atoms with Crippen LogP contribution in [0, 0.1) is 17.7 Å². The molecule has 2 aromatic carbocycles. The minimum Gasteiger partial charge on any atom is -0.204 e. The lowest BCUT2D eigenvalue weighted by molar-refractivity contribution is 0.625. The van der Waals surface area contributed by atoms with E-state index in [1.807, 2.05) is 30.3 Å². The summed E-state index contributed by atoms with van der Waals surface area (Å²) in [5, 5.41) is 0.0971. The summed E-state index contributed by atoms with van der Waals surface area (Å²) in [5.74, 6) is 5.18. The third kappa shape index (κ3) is 2.42. The standard InChI is InChI=1S/C14H8ClF/c15-13-8-4-7-12(14(13)16)10-9-11-5-2-1-3-6-11/h1-8H. The van der Waals surface area contributed by atoms with Crippen molar-refractivity contribution in [3.8, 4) is 11.8 Å². The second kappa shape index (κ2) is 4.83. The van der Waals surface area contributed by atoms with Gasteiger partial charge in [-0.3, -0.25) is 0 Å². The summed E-state index contributed by atoms with van der Waals surface area (Å²) >= 11 is 5.65. The highest BCUT2D eigenvalue weighted by Gasteiger charge is 2.02. The van der Waals surface area contributed by atoms with E-state index in [1.165, 1.54) is 6.07 Å². The molecular weight excluding hydrogens is 223 g/mol. The molecule has 0 amide bonds. The summed E-state index contributed by atoms with van der Waals surface area (Å²) < 4.78 is 13.5. The van der Waals surface area contributed by atoms with Crippen molar-refractivity contribution in [1.82, 2.24) is 0 Å². The van der Waals surface area contributed by atoms with E-state index in [0.29, 0.717) is 5.56 Å². The van der Waals surface area contributed by atoms with Crippen LogP contribution in [0.4, 0.5) is 4.39 Å². The van der Waals surface area contributed by atoms with Crippen molar-refractivity contribution in [2.24, 2.45) is 0 Å². The average molecular weight is 231 g/mol. The maximum absolute atomic E-state index is 13.5. The molecule has 0 aliphatic rings. The van der Waals surface area contributed by atoms with E-state index in [0.717, 1.165) is 5.56 Å². The molecule has 0 aliphatic heterocycles. The van der Waals surface area contributed by atoms with Gasteiger partial charge in [-0.25, -0.2) is 4.39 Å². The van der Waals surface area contributed by atoms with Crippen LogP contribution in [0.15, 0.2) is 48.5 Å². The van der Waals surface area contributed by atoms with E-state index >= 15 is 0 Å². The monoisotopic (exact) mass is 230 g/mol. The molecule has 2 rings (SSSR count). The van der Waals surface area contributed by atoms with Gasteiger partial charge in [0.05, 0.1) is 10.6 Å². The first-order valence-corrected chi connectivity index (χ1v) is 5.16. The van der Waals surface area contributed by atoms with Crippen LogP contribution in [0.1, 0.15) is 11.1 Å². The number of rotatable bonds is 0. The number of benzene rings is 2. The lowest BCUT2D eigenvalue weighted by Crippen LogP contribution is -1.84. The number of halogens is 2. The summed E-state index contributed by atoms with van der Waals surface area (Å²) in [5.41, 5.74) is 1.17. The van der Waals surface area contributed by atoms with Gasteiger partial charge in [-0.05, 0) is 24.3 Å². The molecule has 16 heavy (non-hydrogen) atoms. The number of hydrogen-bond donors (Lipinski definition) is 0. The summed E-state index contributed by atoms with van der Waals surface area (Å²) in [4.78, 5) is 0. The second-order valence-corrected chi connectivity index (χ2v) is 3.62. The molecule has 0 N–H and O–H groups in total. The molecule has 0 saturated heterocycles. The van der Waals surface area contributed by atoms with Crippen molar-refractivity contribution in [2.75, 3.05) is 0 Å². The highest BCUT2D eigenvalue weighted by Crippen LogP contribution is 2.16. The molecule has 2 heteroatoms. The van der Waals surface area contributed by atoms with Crippen LogP contribution in [0.5, 0.6) is 0 Å². The largest absolute Gasteiger partial charge is 0.204 e. The van der Waals surface area contributed by atoms with Gasteiger partial charge < -0.3 is 0 Å². The van der Waals surface area contributed by atoms with E-state index in [-0.39, 0.29) is 5.02 Å². The molecule has 2 aromatic rings. The molecule has 0 fully saturated rings. The van der Waals surface area contributed by atoms with Crippen LogP contribution in [0.2, 0.25) is 5.02 Å². The highest BCUT2D eigenvalue weighted by molar-refractivity contribution is 6.30. The highest BCUT2D eigenvalue weighted by atomic mass is 35.5. The Hall–Kier alpha value is -1.78. The Bertz CT molecular complexity index is 550. The first-order chi connectivity index (χ1) is 7.77. The first kappa shape index (κ1) is 10.7. The van der Waals surface area contributed by atoms with Crippen molar-refractivity contribution in [2.45, 2.75) is 0 Å². The fourth-order valence-corrected chi connectivity index (χ4v) is 1.44. The SMILES string of the molecule is Fc1c(Cl)cccc1C#Cc1ccccc1. The van der Waals surface area contributed by atoms with Gasteiger partial charge in [0.15, 0.2) is 5.82 Å².